The lowest BCUT2D eigenvalue weighted by Gasteiger charge is -2.13. The lowest BCUT2D eigenvalue weighted by molar-refractivity contribution is -0.119. The molecule has 10 heteroatoms. The molecule has 1 amide bonds. The average molecular weight is 414 g/mol. The Kier molecular flexibility index (Phi) is 6.71. The van der Waals surface area contributed by atoms with Crippen molar-refractivity contribution in [2.75, 3.05) is 31.2 Å². The maximum absolute atomic E-state index is 12.2. The summed E-state index contributed by atoms with van der Waals surface area (Å²) in [6.45, 7) is 0.472. The van der Waals surface area contributed by atoms with Crippen molar-refractivity contribution in [2.24, 2.45) is 0 Å². The van der Waals surface area contributed by atoms with Crippen LogP contribution in [0.4, 0.5) is 26.4 Å². The first-order valence-electron chi connectivity index (χ1n) is 8.82. The molecule has 0 spiro atoms. The minimum atomic E-state index is -1.28. The number of carbonyl (C=O) groups excluding carboxylic acids is 2. The number of aryl methyl sites for hydroxylation is 1. The van der Waals surface area contributed by atoms with Gasteiger partial charge >= 0.3 is 6.16 Å². The highest BCUT2D eigenvalue weighted by atomic mass is 19.1. The Morgan fingerprint density at radius 3 is 2.73 bits per heavy atom. The number of halogens is 1. The van der Waals surface area contributed by atoms with Crippen LogP contribution < -0.4 is 15.4 Å². The highest BCUT2D eigenvalue weighted by Crippen LogP contribution is 2.31. The standard InChI is InChI=1S/C20H19FN4O5/c1-12-3-6-15(17(7-12)30-20(27)29-10-21)25-19-14-5-4-13(24-18(26)9-28-2)8-16(14)22-11-23-19/h3-8,11H,9-10H2,1-2H3,(H,24,26)(H,22,23,25). The zero-order chi connectivity index (χ0) is 21.5. The molecule has 1 aromatic heterocycles. The number of carbonyl (C=O) groups is 2. The molecule has 0 aliphatic carbocycles. The third kappa shape index (κ3) is 5.17. The summed E-state index contributed by atoms with van der Waals surface area (Å²) in [6.07, 6.45) is 0.201. The van der Waals surface area contributed by atoms with Gasteiger partial charge in [-0.3, -0.25) is 4.79 Å². The van der Waals surface area contributed by atoms with Gasteiger partial charge in [0.15, 0.2) is 5.75 Å². The molecule has 1 heterocycles. The van der Waals surface area contributed by atoms with Gasteiger partial charge in [-0.05, 0) is 42.8 Å². The molecule has 0 aliphatic heterocycles. The van der Waals surface area contributed by atoms with E-state index in [2.05, 4.69) is 25.3 Å². The van der Waals surface area contributed by atoms with Gasteiger partial charge < -0.3 is 24.8 Å². The third-order valence-electron chi connectivity index (χ3n) is 3.95. The Hall–Kier alpha value is -3.79. The lowest BCUT2D eigenvalue weighted by Crippen LogP contribution is -2.17. The van der Waals surface area contributed by atoms with E-state index in [4.69, 9.17) is 9.47 Å². The summed E-state index contributed by atoms with van der Waals surface area (Å²) >= 11 is 0. The van der Waals surface area contributed by atoms with Gasteiger partial charge in [0.05, 0.1) is 11.2 Å². The second-order valence-electron chi connectivity index (χ2n) is 6.17. The summed E-state index contributed by atoms with van der Waals surface area (Å²) in [4.78, 5) is 31.7. The van der Waals surface area contributed by atoms with Crippen LogP contribution in [0.3, 0.4) is 0 Å². The summed E-state index contributed by atoms with van der Waals surface area (Å²) in [5, 5.41) is 6.46. The number of ether oxygens (including phenoxy) is 3. The minimum Gasteiger partial charge on any atom is -0.402 e. The van der Waals surface area contributed by atoms with Gasteiger partial charge in [0.2, 0.25) is 12.8 Å². The number of alkyl halides is 1. The largest absolute Gasteiger partial charge is 0.516 e. The summed E-state index contributed by atoms with van der Waals surface area (Å²) in [5.41, 5.74) is 2.39. The van der Waals surface area contributed by atoms with Crippen LogP contribution in [-0.4, -0.2) is 42.6 Å². The summed E-state index contributed by atoms with van der Waals surface area (Å²) in [5.74, 6) is 0.317. The van der Waals surface area contributed by atoms with E-state index in [-0.39, 0.29) is 18.3 Å². The van der Waals surface area contributed by atoms with Crippen LogP contribution in [0.15, 0.2) is 42.7 Å². The van der Waals surface area contributed by atoms with Gasteiger partial charge in [0.1, 0.15) is 18.8 Å². The first-order chi connectivity index (χ1) is 14.5. The van der Waals surface area contributed by atoms with E-state index in [9.17, 15) is 14.0 Å². The molecule has 2 aromatic carbocycles. The van der Waals surface area contributed by atoms with Crippen molar-refractivity contribution in [1.82, 2.24) is 9.97 Å². The van der Waals surface area contributed by atoms with Crippen molar-refractivity contribution in [3.8, 4) is 5.75 Å². The fourth-order valence-electron chi connectivity index (χ4n) is 2.67. The molecule has 0 fully saturated rings. The highest BCUT2D eigenvalue weighted by Gasteiger charge is 2.13. The number of anilines is 3. The number of methoxy groups -OCH3 is 1. The van der Waals surface area contributed by atoms with E-state index in [0.717, 1.165) is 5.56 Å². The maximum atomic E-state index is 12.2. The van der Waals surface area contributed by atoms with Crippen LogP contribution in [0, 0.1) is 6.92 Å². The van der Waals surface area contributed by atoms with Crippen LogP contribution in [0.5, 0.6) is 5.75 Å². The second-order valence-corrected chi connectivity index (χ2v) is 6.17. The van der Waals surface area contributed by atoms with Gasteiger partial charge in [-0.2, -0.15) is 0 Å². The maximum Gasteiger partial charge on any atom is 0.516 e. The van der Waals surface area contributed by atoms with Crippen molar-refractivity contribution in [2.45, 2.75) is 6.92 Å². The number of fused-ring (bicyclic) bond motifs is 1. The number of benzene rings is 2. The van der Waals surface area contributed by atoms with Gasteiger partial charge in [0.25, 0.3) is 0 Å². The first-order valence-corrected chi connectivity index (χ1v) is 8.82. The zero-order valence-corrected chi connectivity index (χ0v) is 16.3. The van der Waals surface area contributed by atoms with E-state index in [1.165, 1.54) is 13.4 Å². The topological polar surface area (TPSA) is 112 Å². The summed E-state index contributed by atoms with van der Waals surface area (Å²) in [6, 6.07) is 10.3. The second kappa shape index (κ2) is 9.61. The Balaban J connectivity index is 1.89. The SMILES string of the molecule is COCC(=O)Nc1ccc2c(Nc3ccc(C)cc3OC(=O)OCF)ncnc2c1. The Labute approximate surface area is 171 Å². The fraction of sp³-hybridized carbons (Fsp3) is 0.200. The van der Waals surface area contributed by atoms with Crippen LogP contribution in [0.25, 0.3) is 10.9 Å². The minimum absolute atomic E-state index is 0.0599. The zero-order valence-electron chi connectivity index (χ0n) is 16.3. The molecule has 156 valence electrons. The number of nitrogens with zero attached hydrogens (tertiary/aromatic N) is 2. The normalized spacial score (nSPS) is 10.5. The molecule has 0 aliphatic rings. The molecule has 3 rings (SSSR count). The molecule has 2 N–H and O–H groups in total. The quantitative estimate of drug-likeness (QED) is 0.445. The molecule has 30 heavy (non-hydrogen) atoms. The van der Waals surface area contributed by atoms with Gasteiger partial charge in [-0.1, -0.05) is 6.07 Å². The van der Waals surface area contributed by atoms with E-state index in [1.54, 1.807) is 30.3 Å². The van der Waals surface area contributed by atoms with Crippen LogP contribution in [0.2, 0.25) is 0 Å². The van der Waals surface area contributed by atoms with E-state index >= 15 is 0 Å². The van der Waals surface area contributed by atoms with Crippen LogP contribution in [-0.2, 0) is 14.3 Å². The van der Waals surface area contributed by atoms with E-state index < -0.39 is 13.0 Å². The molecule has 0 saturated heterocycles. The van der Waals surface area contributed by atoms with Crippen molar-refractivity contribution < 1.29 is 28.2 Å². The first kappa shape index (κ1) is 20.9. The van der Waals surface area contributed by atoms with Crippen LogP contribution >= 0.6 is 0 Å². The van der Waals surface area contributed by atoms with Crippen molar-refractivity contribution in [3.63, 3.8) is 0 Å². The van der Waals surface area contributed by atoms with Crippen molar-refractivity contribution in [1.29, 1.82) is 0 Å². The molecule has 0 bridgehead atoms. The smallest absolute Gasteiger partial charge is 0.402 e. The fourth-order valence-corrected chi connectivity index (χ4v) is 2.67. The summed E-state index contributed by atoms with van der Waals surface area (Å²) < 4.78 is 26.3. The predicted molar refractivity (Wildman–Crippen MR) is 108 cm³/mol. The van der Waals surface area contributed by atoms with Gasteiger partial charge in [-0.25, -0.2) is 19.2 Å². The molecule has 0 radical (unpaired) electrons. The number of hydrogen-bond acceptors (Lipinski definition) is 8. The van der Waals surface area contributed by atoms with Gasteiger partial charge in [0, 0.05) is 18.2 Å². The van der Waals surface area contributed by atoms with Crippen molar-refractivity contribution >= 4 is 40.2 Å². The molecular formula is C20H19FN4O5. The molecule has 0 atom stereocenters. The van der Waals surface area contributed by atoms with Crippen molar-refractivity contribution in [3.05, 3.63) is 48.3 Å². The molecular weight excluding hydrogens is 395 g/mol. The number of rotatable bonds is 7. The Morgan fingerprint density at radius 2 is 1.97 bits per heavy atom. The monoisotopic (exact) mass is 414 g/mol. The number of aromatic nitrogens is 2. The molecule has 0 unspecified atom stereocenters. The van der Waals surface area contributed by atoms with E-state index in [0.29, 0.717) is 28.1 Å². The highest BCUT2D eigenvalue weighted by molar-refractivity contribution is 5.97. The number of hydrogen-bond donors (Lipinski definition) is 2. The molecule has 9 nitrogen and oxygen atoms in total. The number of amides is 1. The number of nitrogens with one attached hydrogen (secondary N) is 2. The molecule has 0 saturated carbocycles. The van der Waals surface area contributed by atoms with Gasteiger partial charge in [-0.15, -0.1) is 0 Å². The lowest BCUT2D eigenvalue weighted by atomic mass is 10.2. The Bertz CT molecular complexity index is 1080. The van der Waals surface area contributed by atoms with Crippen LogP contribution in [0.1, 0.15) is 5.56 Å². The summed E-state index contributed by atoms with van der Waals surface area (Å²) in [7, 11) is 1.44. The average Bonchev–Trinajstić information content (AvgIpc) is 2.70. The molecule has 3 aromatic rings. The Morgan fingerprint density at radius 1 is 1.13 bits per heavy atom. The van der Waals surface area contributed by atoms with E-state index in [1.807, 2.05) is 13.0 Å². The predicted octanol–water partition coefficient (Wildman–Crippen LogP) is 3.71. The third-order valence-corrected chi connectivity index (χ3v) is 3.95.